The first-order valence-electron chi connectivity index (χ1n) is 5.54. The highest BCUT2D eigenvalue weighted by Gasteiger charge is 2.15. The molecule has 0 saturated heterocycles. The molecule has 2 aromatic rings. The maximum absolute atomic E-state index is 13.4. The van der Waals surface area contributed by atoms with Crippen LogP contribution in [0.2, 0.25) is 5.02 Å². The van der Waals surface area contributed by atoms with Crippen molar-refractivity contribution in [1.29, 1.82) is 0 Å². The molecule has 0 saturated carbocycles. The highest BCUT2D eigenvalue weighted by atomic mass is 35.5. The van der Waals surface area contributed by atoms with Crippen LogP contribution in [0, 0.1) is 17.5 Å². The van der Waals surface area contributed by atoms with Gasteiger partial charge in [-0.2, -0.15) is 0 Å². The van der Waals surface area contributed by atoms with E-state index in [9.17, 15) is 18.3 Å². The lowest BCUT2D eigenvalue weighted by atomic mass is 10.0. The molecule has 1 nitrogen and oxygen atoms in total. The number of aliphatic hydroxyl groups is 1. The van der Waals surface area contributed by atoms with Crippen molar-refractivity contribution in [3.8, 4) is 0 Å². The second-order valence-corrected chi connectivity index (χ2v) is 4.53. The molecular formula is C14H10ClF3O. The van der Waals surface area contributed by atoms with Crippen molar-refractivity contribution in [3.63, 3.8) is 0 Å². The Labute approximate surface area is 113 Å². The van der Waals surface area contributed by atoms with Crippen molar-refractivity contribution >= 4 is 11.6 Å². The van der Waals surface area contributed by atoms with Crippen LogP contribution in [-0.2, 0) is 6.42 Å². The molecule has 0 aliphatic rings. The fourth-order valence-corrected chi connectivity index (χ4v) is 2.07. The maximum atomic E-state index is 13.4. The third-order valence-electron chi connectivity index (χ3n) is 2.75. The molecule has 0 spiro atoms. The number of aliphatic hydroxyl groups excluding tert-OH is 1. The highest BCUT2D eigenvalue weighted by molar-refractivity contribution is 6.31. The minimum Gasteiger partial charge on any atom is -0.388 e. The van der Waals surface area contributed by atoms with Crippen LogP contribution in [-0.4, -0.2) is 5.11 Å². The summed E-state index contributed by atoms with van der Waals surface area (Å²) in [5, 5.41) is 10.0. The summed E-state index contributed by atoms with van der Waals surface area (Å²) in [4.78, 5) is 0. The number of benzene rings is 2. The summed E-state index contributed by atoms with van der Waals surface area (Å²) in [7, 11) is 0. The van der Waals surface area contributed by atoms with E-state index in [-0.39, 0.29) is 17.0 Å². The van der Waals surface area contributed by atoms with Crippen LogP contribution in [0.4, 0.5) is 13.2 Å². The quantitative estimate of drug-likeness (QED) is 0.903. The molecular weight excluding hydrogens is 277 g/mol. The Morgan fingerprint density at radius 2 is 1.63 bits per heavy atom. The Morgan fingerprint density at radius 3 is 2.26 bits per heavy atom. The molecule has 0 fully saturated rings. The molecule has 1 atom stereocenters. The summed E-state index contributed by atoms with van der Waals surface area (Å²) in [6.45, 7) is 0. The van der Waals surface area contributed by atoms with Crippen LogP contribution in [0.5, 0.6) is 0 Å². The molecule has 0 radical (unpaired) electrons. The SMILES string of the molecule is OC(Cc1ccc(F)cc1F)c1ccc(F)cc1Cl. The molecule has 5 heteroatoms. The largest absolute Gasteiger partial charge is 0.388 e. The van der Waals surface area contributed by atoms with E-state index in [0.29, 0.717) is 5.56 Å². The number of rotatable bonds is 3. The highest BCUT2D eigenvalue weighted by Crippen LogP contribution is 2.27. The van der Waals surface area contributed by atoms with Gasteiger partial charge < -0.3 is 5.11 Å². The van der Waals surface area contributed by atoms with Gasteiger partial charge in [-0.25, -0.2) is 13.2 Å². The van der Waals surface area contributed by atoms with Crippen LogP contribution >= 0.6 is 11.6 Å². The molecule has 2 aromatic carbocycles. The molecule has 100 valence electrons. The Balaban J connectivity index is 2.23. The van der Waals surface area contributed by atoms with E-state index >= 15 is 0 Å². The predicted octanol–water partition coefficient (Wildman–Crippen LogP) is 4.03. The molecule has 0 bridgehead atoms. The summed E-state index contributed by atoms with van der Waals surface area (Å²) < 4.78 is 39.1. The summed E-state index contributed by atoms with van der Waals surface area (Å²) >= 11 is 5.80. The van der Waals surface area contributed by atoms with Crippen LogP contribution in [0.25, 0.3) is 0 Å². The molecule has 0 amide bonds. The predicted molar refractivity (Wildman–Crippen MR) is 66.4 cm³/mol. The molecule has 1 unspecified atom stereocenters. The molecule has 0 aliphatic heterocycles. The summed E-state index contributed by atoms with van der Waals surface area (Å²) in [5.74, 6) is -1.94. The fraction of sp³-hybridized carbons (Fsp3) is 0.143. The summed E-state index contributed by atoms with van der Waals surface area (Å²) in [5.41, 5.74) is 0.459. The lowest BCUT2D eigenvalue weighted by Gasteiger charge is -2.13. The van der Waals surface area contributed by atoms with Gasteiger partial charge in [0.05, 0.1) is 6.10 Å². The molecule has 0 heterocycles. The molecule has 2 rings (SSSR count). The van der Waals surface area contributed by atoms with Crippen molar-refractivity contribution in [1.82, 2.24) is 0 Å². The van der Waals surface area contributed by atoms with Gasteiger partial charge in [0.15, 0.2) is 0 Å². The lowest BCUT2D eigenvalue weighted by molar-refractivity contribution is 0.177. The molecule has 0 aliphatic carbocycles. The second-order valence-electron chi connectivity index (χ2n) is 4.12. The van der Waals surface area contributed by atoms with Crippen molar-refractivity contribution in [2.75, 3.05) is 0 Å². The molecule has 0 aromatic heterocycles. The monoisotopic (exact) mass is 286 g/mol. The van der Waals surface area contributed by atoms with Gasteiger partial charge in [-0.1, -0.05) is 23.7 Å². The van der Waals surface area contributed by atoms with Gasteiger partial charge in [0.25, 0.3) is 0 Å². The lowest BCUT2D eigenvalue weighted by Crippen LogP contribution is -2.05. The first kappa shape index (κ1) is 13.9. The number of hydrogen-bond donors (Lipinski definition) is 1. The topological polar surface area (TPSA) is 20.2 Å². The second kappa shape index (κ2) is 5.63. The van der Waals surface area contributed by atoms with E-state index in [1.807, 2.05) is 0 Å². The Bertz CT molecular complexity index is 601. The zero-order valence-corrected chi connectivity index (χ0v) is 10.5. The van der Waals surface area contributed by atoms with E-state index in [1.54, 1.807) is 0 Å². The standard InChI is InChI=1S/C14H10ClF3O/c15-12-6-9(16)3-4-11(12)14(19)5-8-1-2-10(17)7-13(8)18/h1-4,6-7,14,19H,5H2. The fourth-order valence-electron chi connectivity index (χ4n) is 1.78. The Morgan fingerprint density at radius 1 is 1.00 bits per heavy atom. The summed E-state index contributed by atoms with van der Waals surface area (Å²) in [6.07, 6.45) is -1.16. The van der Waals surface area contributed by atoms with Crippen molar-refractivity contribution < 1.29 is 18.3 Å². The van der Waals surface area contributed by atoms with E-state index in [2.05, 4.69) is 0 Å². The maximum Gasteiger partial charge on any atom is 0.129 e. The van der Waals surface area contributed by atoms with Gasteiger partial charge in [0, 0.05) is 17.5 Å². The van der Waals surface area contributed by atoms with Crippen LogP contribution < -0.4 is 0 Å². The average molecular weight is 287 g/mol. The van der Waals surface area contributed by atoms with E-state index < -0.39 is 23.6 Å². The van der Waals surface area contributed by atoms with Crippen LogP contribution in [0.15, 0.2) is 36.4 Å². The third-order valence-corrected chi connectivity index (χ3v) is 3.08. The van der Waals surface area contributed by atoms with Gasteiger partial charge in [0.1, 0.15) is 17.5 Å². The minimum atomic E-state index is -1.09. The number of halogens is 4. The molecule has 19 heavy (non-hydrogen) atoms. The van der Waals surface area contributed by atoms with Crippen molar-refractivity contribution in [2.24, 2.45) is 0 Å². The van der Waals surface area contributed by atoms with Crippen molar-refractivity contribution in [2.45, 2.75) is 12.5 Å². The third kappa shape index (κ3) is 3.28. The van der Waals surface area contributed by atoms with E-state index in [0.717, 1.165) is 24.3 Å². The Hall–Kier alpha value is -1.52. The van der Waals surface area contributed by atoms with Crippen molar-refractivity contribution in [3.05, 3.63) is 70.0 Å². The van der Waals surface area contributed by atoms with Gasteiger partial charge in [-0.05, 0) is 29.3 Å². The van der Waals surface area contributed by atoms with Gasteiger partial charge in [0.2, 0.25) is 0 Å². The van der Waals surface area contributed by atoms with Crippen LogP contribution in [0.1, 0.15) is 17.2 Å². The van der Waals surface area contributed by atoms with Crippen LogP contribution in [0.3, 0.4) is 0 Å². The first-order valence-corrected chi connectivity index (χ1v) is 5.92. The van der Waals surface area contributed by atoms with E-state index in [1.165, 1.54) is 12.1 Å². The van der Waals surface area contributed by atoms with E-state index in [4.69, 9.17) is 11.6 Å². The Kier molecular flexibility index (Phi) is 4.12. The zero-order chi connectivity index (χ0) is 14.0. The van der Waals surface area contributed by atoms with Gasteiger partial charge in [-0.15, -0.1) is 0 Å². The van der Waals surface area contributed by atoms with Gasteiger partial charge in [-0.3, -0.25) is 0 Å². The smallest absolute Gasteiger partial charge is 0.129 e. The zero-order valence-electron chi connectivity index (χ0n) is 9.71. The number of hydrogen-bond acceptors (Lipinski definition) is 1. The average Bonchev–Trinajstić information content (AvgIpc) is 2.32. The summed E-state index contributed by atoms with van der Waals surface area (Å²) in [6, 6.07) is 6.67. The normalized spacial score (nSPS) is 12.5. The first-order chi connectivity index (χ1) is 8.97. The van der Waals surface area contributed by atoms with Gasteiger partial charge >= 0.3 is 0 Å². The minimum absolute atomic E-state index is 0.0648. The molecule has 1 N–H and O–H groups in total.